The molecular weight excluding hydrogens is 418 g/mol. The molecule has 7 nitrogen and oxygen atoms in total. The van der Waals surface area contributed by atoms with Gasteiger partial charge in [-0.3, -0.25) is 9.59 Å². The zero-order chi connectivity index (χ0) is 23.6. The van der Waals surface area contributed by atoms with E-state index in [4.69, 9.17) is 4.74 Å². The molecule has 0 saturated carbocycles. The Balaban J connectivity index is 1.72. The van der Waals surface area contributed by atoms with Crippen LogP contribution in [0.4, 0.5) is 8.78 Å². The SMILES string of the molecule is CN[C@@H](C)C(=O)NC(C(=O)N1CC[C@H]2NC[C@H](COc3ccc(F)c(F)c3)[C@H]21)C(C)(C)C. The summed E-state index contributed by atoms with van der Waals surface area (Å²) in [6.45, 7) is 9.07. The van der Waals surface area contributed by atoms with Crippen LogP contribution in [0.3, 0.4) is 0 Å². The monoisotopic (exact) mass is 452 g/mol. The number of hydrogen-bond acceptors (Lipinski definition) is 5. The third-order valence-corrected chi connectivity index (χ3v) is 6.44. The number of hydrogen-bond donors (Lipinski definition) is 3. The number of ether oxygens (including phenoxy) is 1. The lowest BCUT2D eigenvalue weighted by molar-refractivity contribution is -0.141. The predicted octanol–water partition coefficient (Wildman–Crippen LogP) is 1.67. The molecule has 5 atom stereocenters. The Morgan fingerprint density at radius 1 is 1.28 bits per heavy atom. The van der Waals surface area contributed by atoms with Crippen molar-refractivity contribution in [1.82, 2.24) is 20.9 Å². The highest BCUT2D eigenvalue weighted by atomic mass is 19.2. The van der Waals surface area contributed by atoms with E-state index in [1.807, 2.05) is 25.7 Å². The van der Waals surface area contributed by atoms with Gasteiger partial charge in [0.2, 0.25) is 11.8 Å². The Bertz CT molecular complexity index is 845. The molecule has 3 N–H and O–H groups in total. The van der Waals surface area contributed by atoms with Crippen LogP contribution in [0.2, 0.25) is 0 Å². The molecule has 0 aliphatic carbocycles. The number of nitrogens with one attached hydrogen (secondary N) is 3. The third kappa shape index (κ3) is 5.20. The van der Waals surface area contributed by atoms with Crippen LogP contribution in [0.25, 0.3) is 0 Å². The molecule has 32 heavy (non-hydrogen) atoms. The number of carbonyl (C=O) groups excluding carboxylic acids is 2. The topological polar surface area (TPSA) is 82.7 Å². The second kappa shape index (κ2) is 9.70. The molecule has 3 rings (SSSR count). The van der Waals surface area contributed by atoms with Gasteiger partial charge in [-0.15, -0.1) is 0 Å². The van der Waals surface area contributed by atoms with Gasteiger partial charge in [0, 0.05) is 31.1 Å². The molecule has 1 aromatic rings. The molecule has 2 amide bonds. The fraction of sp³-hybridized carbons (Fsp3) is 0.652. The van der Waals surface area contributed by atoms with Crippen LogP contribution >= 0.6 is 0 Å². The number of amides is 2. The Morgan fingerprint density at radius 2 is 2.00 bits per heavy atom. The summed E-state index contributed by atoms with van der Waals surface area (Å²) in [6, 6.07) is 2.43. The van der Waals surface area contributed by atoms with Gasteiger partial charge in [0.05, 0.1) is 18.7 Å². The highest BCUT2D eigenvalue weighted by molar-refractivity contribution is 5.90. The second-order valence-corrected chi connectivity index (χ2v) is 9.79. The van der Waals surface area contributed by atoms with E-state index in [0.717, 1.165) is 18.6 Å². The van der Waals surface area contributed by atoms with Crippen LogP contribution < -0.4 is 20.7 Å². The van der Waals surface area contributed by atoms with Gasteiger partial charge in [0.25, 0.3) is 0 Å². The number of likely N-dealkylation sites (tertiary alicyclic amines) is 1. The molecule has 0 spiro atoms. The normalized spacial score (nSPS) is 24.7. The van der Waals surface area contributed by atoms with Gasteiger partial charge in [0.1, 0.15) is 11.8 Å². The molecule has 2 fully saturated rings. The third-order valence-electron chi connectivity index (χ3n) is 6.44. The minimum absolute atomic E-state index is 0.00730. The first kappa shape index (κ1) is 24.4. The molecule has 0 radical (unpaired) electrons. The molecular formula is C23H34F2N4O3. The summed E-state index contributed by atoms with van der Waals surface area (Å²) in [5.41, 5.74) is -0.470. The van der Waals surface area contributed by atoms with Crippen LogP contribution in [0.5, 0.6) is 5.75 Å². The molecule has 1 unspecified atom stereocenters. The van der Waals surface area contributed by atoms with Gasteiger partial charge in [-0.2, -0.15) is 0 Å². The van der Waals surface area contributed by atoms with Crippen molar-refractivity contribution >= 4 is 11.8 Å². The lowest BCUT2D eigenvalue weighted by atomic mass is 9.85. The number of benzene rings is 1. The Kier molecular flexibility index (Phi) is 7.39. The number of nitrogens with zero attached hydrogens (tertiary/aromatic N) is 1. The molecule has 1 aromatic carbocycles. The molecule has 2 saturated heterocycles. The van der Waals surface area contributed by atoms with E-state index in [2.05, 4.69) is 16.0 Å². The van der Waals surface area contributed by atoms with E-state index in [9.17, 15) is 18.4 Å². The number of rotatable bonds is 7. The summed E-state index contributed by atoms with van der Waals surface area (Å²) >= 11 is 0. The minimum Gasteiger partial charge on any atom is -0.493 e. The Labute approximate surface area is 188 Å². The highest BCUT2D eigenvalue weighted by Crippen LogP contribution is 2.33. The zero-order valence-corrected chi connectivity index (χ0v) is 19.4. The van der Waals surface area contributed by atoms with Crippen molar-refractivity contribution in [3.63, 3.8) is 0 Å². The molecule has 2 aliphatic heterocycles. The fourth-order valence-corrected chi connectivity index (χ4v) is 4.44. The number of carbonyl (C=O) groups is 2. The highest BCUT2D eigenvalue weighted by Gasteiger charge is 2.49. The van der Waals surface area contributed by atoms with Crippen molar-refractivity contribution < 1.29 is 23.1 Å². The number of fused-ring (bicyclic) bond motifs is 1. The van der Waals surface area contributed by atoms with Crippen molar-refractivity contribution in [2.24, 2.45) is 11.3 Å². The summed E-state index contributed by atoms with van der Waals surface area (Å²) in [4.78, 5) is 28.0. The van der Waals surface area contributed by atoms with E-state index in [1.54, 1.807) is 14.0 Å². The largest absolute Gasteiger partial charge is 0.493 e. The maximum absolute atomic E-state index is 13.6. The van der Waals surface area contributed by atoms with Crippen LogP contribution in [0.15, 0.2) is 18.2 Å². The summed E-state index contributed by atoms with van der Waals surface area (Å²) in [5.74, 6) is -1.96. The zero-order valence-electron chi connectivity index (χ0n) is 19.4. The summed E-state index contributed by atoms with van der Waals surface area (Å²) in [5, 5.41) is 9.28. The first-order valence-electron chi connectivity index (χ1n) is 11.1. The lowest BCUT2D eigenvalue weighted by Crippen LogP contribution is -2.59. The quantitative estimate of drug-likeness (QED) is 0.586. The number of halogens is 2. The summed E-state index contributed by atoms with van der Waals surface area (Å²) in [6.07, 6.45) is 0.815. The van der Waals surface area contributed by atoms with Crippen molar-refractivity contribution in [3.05, 3.63) is 29.8 Å². The Morgan fingerprint density at radius 3 is 2.62 bits per heavy atom. The van der Waals surface area contributed by atoms with Crippen molar-refractivity contribution in [2.75, 3.05) is 26.7 Å². The van der Waals surface area contributed by atoms with Crippen LogP contribution in [0.1, 0.15) is 34.1 Å². The molecule has 178 valence electrons. The van der Waals surface area contributed by atoms with Gasteiger partial charge >= 0.3 is 0 Å². The fourth-order valence-electron chi connectivity index (χ4n) is 4.44. The van der Waals surface area contributed by atoms with Gasteiger partial charge in [0.15, 0.2) is 11.6 Å². The maximum Gasteiger partial charge on any atom is 0.246 e. The number of likely N-dealkylation sites (N-methyl/N-ethyl adjacent to an activating group) is 1. The maximum atomic E-state index is 13.6. The first-order chi connectivity index (χ1) is 15.0. The summed E-state index contributed by atoms with van der Waals surface area (Å²) < 4.78 is 32.4. The second-order valence-electron chi connectivity index (χ2n) is 9.79. The van der Waals surface area contributed by atoms with Crippen LogP contribution in [-0.4, -0.2) is 67.6 Å². The smallest absolute Gasteiger partial charge is 0.246 e. The van der Waals surface area contributed by atoms with Crippen molar-refractivity contribution in [1.29, 1.82) is 0 Å². The summed E-state index contributed by atoms with van der Waals surface area (Å²) in [7, 11) is 1.70. The average Bonchev–Trinajstić information content (AvgIpc) is 3.33. The van der Waals surface area contributed by atoms with Crippen molar-refractivity contribution in [3.8, 4) is 5.75 Å². The standard InChI is InChI=1S/C23H34F2N4O3/c1-13(26-5)21(30)28-20(23(2,3)4)22(31)29-9-8-18-19(29)14(11-27-18)12-32-15-6-7-16(24)17(25)10-15/h6-7,10,13-14,18-20,26-27H,8-9,11-12H2,1-5H3,(H,28,30)/t13-,14+,18+,19+,20?/m0/s1. The van der Waals surface area contributed by atoms with Gasteiger partial charge in [-0.25, -0.2) is 8.78 Å². The van der Waals surface area contributed by atoms with E-state index < -0.39 is 29.1 Å². The molecule has 0 aromatic heterocycles. The predicted molar refractivity (Wildman–Crippen MR) is 117 cm³/mol. The van der Waals surface area contributed by atoms with E-state index in [0.29, 0.717) is 13.1 Å². The molecule has 9 heteroatoms. The minimum atomic E-state index is -0.956. The van der Waals surface area contributed by atoms with E-state index in [1.165, 1.54) is 6.07 Å². The van der Waals surface area contributed by atoms with Crippen molar-refractivity contribution in [2.45, 2.75) is 58.3 Å². The van der Waals surface area contributed by atoms with E-state index in [-0.39, 0.29) is 42.2 Å². The molecule has 2 aliphatic rings. The first-order valence-corrected chi connectivity index (χ1v) is 11.1. The lowest BCUT2D eigenvalue weighted by Gasteiger charge is -2.37. The van der Waals surface area contributed by atoms with Gasteiger partial charge < -0.3 is 25.6 Å². The van der Waals surface area contributed by atoms with Crippen LogP contribution in [-0.2, 0) is 9.59 Å². The Hall–Kier alpha value is -2.26. The van der Waals surface area contributed by atoms with E-state index >= 15 is 0 Å². The van der Waals surface area contributed by atoms with Gasteiger partial charge in [-0.1, -0.05) is 20.8 Å². The van der Waals surface area contributed by atoms with Crippen LogP contribution in [0, 0.1) is 23.0 Å². The molecule has 2 heterocycles. The average molecular weight is 453 g/mol. The van der Waals surface area contributed by atoms with Gasteiger partial charge in [-0.05, 0) is 37.9 Å². The molecule has 0 bridgehead atoms.